The number of pyridine rings is 1. The van der Waals surface area contributed by atoms with Crippen molar-refractivity contribution in [2.75, 3.05) is 29.9 Å². The lowest BCUT2D eigenvalue weighted by molar-refractivity contribution is 0.804. The number of hydrogen-bond donors (Lipinski definition) is 1. The normalized spacial score (nSPS) is 14.4. The zero-order valence-electron chi connectivity index (χ0n) is 12.7. The molecule has 0 amide bonds. The highest BCUT2D eigenvalue weighted by molar-refractivity contribution is 5.54. The lowest BCUT2D eigenvalue weighted by atomic mass is 10.0. The number of hydrogen-bond acceptors (Lipinski definition) is 3. The summed E-state index contributed by atoms with van der Waals surface area (Å²) in [4.78, 5) is 6.87. The Morgan fingerprint density at radius 2 is 1.81 bits per heavy atom. The first kappa shape index (κ1) is 13.9. The van der Waals surface area contributed by atoms with Crippen LogP contribution in [0.1, 0.15) is 24.5 Å². The van der Waals surface area contributed by atoms with Crippen molar-refractivity contribution in [1.29, 1.82) is 0 Å². The Hall–Kier alpha value is -2.03. The molecule has 0 spiro atoms. The number of fused-ring (bicyclic) bond motifs is 1. The van der Waals surface area contributed by atoms with Crippen molar-refractivity contribution >= 4 is 11.5 Å². The highest BCUT2D eigenvalue weighted by atomic mass is 15.1. The van der Waals surface area contributed by atoms with E-state index in [1.807, 2.05) is 6.20 Å². The average molecular weight is 281 g/mol. The van der Waals surface area contributed by atoms with Gasteiger partial charge in [0.2, 0.25) is 0 Å². The Kier molecular flexibility index (Phi) is 4.39. The number of anilines is 2. The molecule has 0 unspecified atom stereocenters. The summed E-state index contributed by atoms with van der Waals surface area (Å²) < 4.78 is 0. The van der Waals surface area contributed by atoms with Crippen LogP contribution in [0.4, 0.5) is 11.5 Å². The standard InChI is InChI=1S/C18H23N3/c1-2-10-19-18-14-17(7-11-20-18)21-12-8-15-5-3-4-6-16(15)9-13-21/h3-7,11,14H,2,8-10,12-13H2,1H3,(H,19,20). The second-order valence-corrected chi connectivity index (χ2v) is 5.58. The minimum absolute atomic E-state index is 0.974. The van der Waals surface area contributed by atoms with E-state index in [2.05, 4.69) is 58.5 Å². The molecule has 1 aromatic carbocycles. The lowest BCUT2D eigenvalue weighted by Gasteiger charge is -2.23. The molecular formula is C18H23N3. The molecule has 3 heteroatoms. The van der Waals surface area contributed by atoms with E-state index in [0.717, 1.165) is 44.7 Å². The number of nitrogens with zero attached hydrogens (tertiary/aromatic N) is 2. The predicted octanol–water partition coefficient (Wildman–Crippen LogP) is 3.51. The Labute approximate surface area is 127 Å². The molecule has 0 saturated heterocycles. The van der Waals surface area contributed by atoms with E-state index in [0.29, 0.717) is 0 Å². The first-order chi connectivity index (χ1) is 10.4. The minimum atomic E-state index is 0.974. The van der Waals surface area contributed by atoms with Gasteiger partial charge in [0.1, 0.15) is 5.82 Å². The Morgan fingerprint density at radius 3 is 2.48 bits per heavy atom. The maximum atomic E-state index is 4.40. The van der Waals surface area contributed by atoms with Crippen LogP contribution in [0.25, 0.3) is 0 Å². The fraction of sp³-hybridized carbons (Fsp3) is 0.389. The van der Waals surface area contributed by atoms with Gasteiger partial charge in [-0.25, -0.2) is 4.98 Å². The Morgan fingerprint density at radius 1 is 1.10 bits per heavy atom. The summed E-state index contributed by atoms with van der Waals surface area (Å²) in [6.07, 6.45) is 5.27. The molecule has 0 aliphatic carbocycles. The third kappa shape index (κ3) is 3.35. The van der Waals surface area contributed by atoms with Crippen molar-refractivity contribution < 1.29 is 0 Å². The van der Waals surface area contributed by atoms with Gasteiger partial charge in [-0.05, 0) is 36.5 Å². The van der Waals surface area contributed by atoms with Gasteiger partial charge in [-0.1, -0.05) is 31.2 Å². The quantitative estimate of drug-likeness (QED) is 0.929. The zero-order chi connectivity index (χ0) is 14.5. The molecule has 3 rings (SSSR count). The van der Waals surface area contributed by atoms with Gasteiger partial charge in [0.25, 0.3) is 0 Å². The van der Waals surface area contributed by atoms with Crippen LogP contribution in [0.5, 0.6) is 0 Å². The second kappa shape index (κ2) is 6.61. The van der Waals surface area contributed by atoms with E-state index in [1.54, 1.807) is 0 Å². The molecule has 1 aliphatic rings. The summed E-state index contributed by atoms with van der Waals surface area (Å²) in [7, 11) is 0. The molecular weight excluding hydrogens is 258 g/mol. The Balaban J connectivity index is 1.73. The summed E-state index contributed by atoms with van der Waals surface area (Å²) >= 11 is 0. The summed E-state index contributed by atoms with van der Waals surface area (Å²) in [6, 6.07) is 13.1. The van der Waals surface area contributed by atoms with Gasteiger partial charge in [-0.2, -0.15) is 0 Å². The van der Waals surface area contributed by atoms with Crippen LogP contribution in [0.15, 0.2) is 42.6 Å². The second-order valence-electron chi connectivity index (χ2n) is 5.58. The number of nitrogens with one attached hydrogen (secondary N) is 1. The van der Waals surface area contributed by atoms with Crippen LogP contribution in [0, 0.1) is 0 Å². The molecule has 0 fully saturated rings. The monoisotopic (exact) mass is 281 g/mol. The summed E-state index contributed by atoms with van der Waals surface area (Å²) in [5.41, 5.74) is 4.27. The van der Waals surface area contributed by atoms with Crippen molar-refractivity contribution in [3.63, 3.8) is 0 Å². The van der Waals surface area contributed by atoms with Gasteiger partial charge in [-0.3, -0.25) is 0 Å². The fourth-order valence-electron chi connectivity index (χ4n) is 2.89. The van der Waals surface area contributed by atoms with Crippen LogP contribution in [-0.4, -0.2) is 24.6 Å². The molecule has 1 N–H and O–H groups in total. The smallest absolute Gasteiger partial charge is 0.127 e. The summed E-state index contributed by atoms with van der Waals surface area (Å²) in [6.45, 7) is 5.30. The van der Waals surface area contributed by atoms with Gasteiger partial charge in [0.15, 0.2) is 0 Å². The van der Waals surface area contributed by atoms with Crippen LogP contribution in [0.2, 0.25) is 0 Å². The van der Waals surface area contributed by atoms with E-state index in [1.165, 1.54) is 16.8 Å². The maximum absolute atomic E-state index is 4.40. The molecule has 3 nitrogen and oxygen atoms in total. The number of benzene rings is 1. The molecule has 2 heterocycles. The van der Waals surface area contributed by atoms with Gasteiger partial charge >= 0.3 is 0 Å². The Bertz CT molecular complexity index is 568. The van der Waals surface area contributed by atoms with Crippen LogP contribution >= 0.6 is 0 Å². The van der Waals surface area contributed by atoms with Crippen LogP contribution in [-0.2, 0) is 12.8 Å². The maximum Gasteiger partial charge on any atom is 0.127 e. The van der Waals surface area contributed by atoms with Gasteiger partial charge in [0.05, 0.1) is 0 Å². The number of rotatable bonds is 4. The highest BCUT2D eigenvalue weighted by Gasteiger charge is 2.14. The molecule has 1 aromatic heterocycles. The molecule has 2 aromatic rings. The molecule has 0 saturated carbocycles. The third-order valence-corrected chi connectivity index (χ3v) is 4.09. The summed E-state index contributed by atoms with van der Waals surface area (Å²) in [5.74, 6) is 0.983. The topological polar surface area (TPSA) is 28.2 Å². The average Bonchev–Trinajstić information content (AvgIpc) is 2.76. The molecule has 1 aliphatic heterocycles. The number of aromatic nitrogens is 1. The molecule has 0 atom stereocenters. The van der Waals surface area contributed by atoms with Crippen molar-refractivity contribution in [3.8, 4) is 0 Å². The van der Waals surface area contributed by atoms with Crippen molar-refractivity contribution in [2.45, 2.75) is 26.2 Å². The molecule has 110 valence electrons. The van der Waals surface area contributed by atoms with E-state index in [9.17, 15) is 0 Å². The van der Waals surface area contributed by atoms with Crippen molar-refractivity contribution in [3.05, 3.63) is 53.7 Å². The third-order valence-electron chi connectivity index (χ3n) is 4.09. The van der Waals surface area contributed by atoms with Gasteiger partial charge in [0, 0.05) is 37.6 Å². The lowest BCUT2D eigenvalue weighted by Crippen LogP contribution is -2.26. The summed E-state index contributed by atoms with van der Waals surface area (Å²) in [5, 5.41) is 3.37. The molecule has 21 heavy (non-hydrogen) atoms. The van der Waals surface area contributed by atoms with Crippen molar-refractivity contribution in [1.82, 2.24) is 4.98 Å². The minimum Gasteiger partial charge on any atom is -0.371 e. The largest absolute Gasteiger partial charge is 0.371 e. The van der Waals surface area contributed by atoms with Crippen LogP contribution < -0.4 is 10.2 Å². The van der Waals surface area contributed by atoms with Crippen LogP contribution in [0.3, 0.4) is 0 Å². The SMILES string of the molecule is CCCNc1cc(N2CCc3ccccc3CC2)ccn1. The molecule has 0 radical (unpaired) electrons. The van der Waals surface area contributed by atoms with E-state index in [4.69, 9.17) is 0 Å². The predicted molar refractivity (Wildman–Crippen MR) is 89.1 cm³/mol. The first-order valence-electron chi connectivity index (χ1n) is 7.88. The van der Waals surface area contributed by atoms with Crippen molar-refractivity contribution in [2.24, 2.45) is 0 Å². The van der Waals surface area contributed by atoms with E-state index >= 15 is 0 Å². The first-order valence-corrected chi connectivity index (χ1v) is 7.88. The van der Waals surface area contributed by atoms with E-state index in [-0.39, 0.29) is 0 Å². The van der Waals surface area contributed by atoms with Gasteiger partial charge in [-0.15, -0.1) is 0 Å². The highest BCUT2D eigenvalue weighted by Crippen LogP contribution is 2.22. The molecule has 0 bridgehead atoms. The van der Waals surface area contributed by atoms with E-state index < -0.39 is 0 Å². The fourth-order valence-corrected chi connectivity index (χ4v) is 2.89. The zero-order valence-corrected chi connectivity index (χ0v) is 12.7. The van der Waals surface area contributed by atoms with Gasteiger partial charge < -0.3 is 10.2 Å².